The summed E-state index contributed by atoms with van der Waals surface area (Å²) in [4.78, 5) is 213. The summed E-state index contributed by atoms with van der Waals surface area (Å²) in [6, 6.07) is -17.9. The molecule has 0 aromatic carbocycles. The third kappa shape index (κ3) is 28.6. The van der Waals surface area contributed by atoms with E-state index in [0.29, 0.717) is 0 Å². The molecule has 0 saturated heterocycles. The van der Waals surface area contributed by atoms with E-state index in [1.54, 1.807) is 20.8 Å². The minimum Gasteiger partial charge on any atom is -0.481 e. The number of nitrogens with one attached hydrogen (secondary N) is 13. The Balaban J connectivity index is 3.18. The average Bonchev–Trinajstić information content (AvgIpc) is 2.19. The summed E-state index contributed by atoms with van der Waals surface area (Å²) in [5, 5.41) is 75.5. The summed E-state index contributed by atoms with van der Waals surface area (Å²) >= 11 is 7.92. The number of primary amides is 1. The van der Waals surface area contributed by atoms with Gasteiger partial charge in [0.05, 0.1) is 57.9 Å². The highest BCUT2D eigenvalue weighted by atomic mass is 32.1. The second kappa shape index (κ2) is 40.0. The Hall–Kier alpha value is -8.69. The van der Waals surface area contributed by atoms with Gasteiger partial charge in [-0.15, -0.1) is 0 Å². The van der Waals surface area contributed by atoms with Crippen LogP contribution in [0.1, 0.15) is 79.3 Å². The highest BCUT2D eigenvalue weighted by molar-refractivity contribution is 7.80. The molecule has 0 aliphatic rings. The first-order valence-electron chi connectivity index (χ1n) is 27.8. The van der Waals surface area contributed by atoms with Crippen LogP contribution in [0.5, 0.6) is 0 Å². The number of nitrogens with two attached hydrogens (primary N) is 2. The molecule has 0 bridgehead atoms. The van der Waals surface area contributed by atoms with Gasteiger partial charge < -0.3 is 106 Å². The number of amides is 13. The number of hydrogen-bond donors (Lipinski definition) is 22. The van der Waals surface area contributed by atoms with Gasteiger partial charge in [-0.25, -0.2) is 9.78 Å². The lowest BCUT2D eigenvalue weighted by molar-refractivity contribution is -0.144. The fraction of sp³-hybridized carbons (Fsp3) is 0.627. The Morgan fingerprint density at radius 2 is 0.933 bits per heavy atom. The number of carbonyl (C=O) groups is 16. The zero-order valence-electron chi connectivity index (χ0n) is 50.0. The molecule has 504 valence electrons. The van der Waals surface area contributed by atoms with Crippen LogP contribution in [0.3, 0.4) is 0 Å². The van der Waals surface area contributed by atoms with Crippen molar-refractivity contribution in [3.8, 4) is 0 Å². The number of aromatic nitrogens is 2. The molecule has 39 heteroatoms. The molecule has 0 radical (unpaired) electrons. The number of H-pyrrole nitrogens is 1. The molecule has 90 heavy (non-hydrogen) atoms. The molecular weight excluding hydrogens is 1240 g/mol. The molecule has 0 fully saturated rings. The number of carboxylic acids is 3. The van der Waals surface area contributed by atoms with Crippen LogP contribution in [0.25, 0.3) is 0 Å². The number of nitrogens with zero attached hydrogens (tertiary/aromatic N) is 1. The Kier molecular flexibility index (Phi) is 35.3. The van der Waals surface area contributed by atoms with Crippen LogP contribution in [0, 0.1) is 17.8 Å². The van der Waals surface area contributed by atoms with Gasteiger partial charge in [-0.2, -0.15) is 25.3 Å². The molecule has 0 spiro atoms. The van der Waals surface area contributed by atoms with Gasteiger partial charge in [-0.3, -0.25) is 71.9 Å². The third-order valence-electron chi connectivity index (χ3n) is 12.9. The highest BCUT2D eigenvalue weighted by Gasteiger charge is 2.37. The first-order valence-corrected chi connectivity index (χ1v) is 29.1. The van der Waals surface area contributed by atoms with E-state index in [0.717, 1.165) is 0 Å². The minimum atomic E-state index is -1.92. The van der Waals surface area contributed by atoms with E-state index in [1.807, 2.05) is 0 Å². The van der Waals surface area contributed by atoms with E-state index >= 15 is 0 Å². The average molecular weight is 1320 g/mol. The maximum atomic E-state index is 13.7. The van der Waals surface area contributed by atoms with E-state index in [2.05, 4.69) is 99.0 Å². The topological polar surface area (TPSA) is 599 Å². The maximum Gasteiger partial charge on any atom is 0.326 e. The van der Waals surface area contributed by atoms with E-state index in [-0.39, 0.29) is 36.6 Å². The second-order valence-corrected chi connectivity index (χ2v) is 21.8. The first-order chi connectivity index (χ1) is 42.1. The predicted molar refractivity (Wildman–Crippen MR) is 317 cm³/mol. The van der Waals surface area contributed by atoms with Crippen molar-refractivity contribution in [3.05, 3.63) is 18.2 Å². The third-order valence-corrected chi connectivity index (χ3v) is 13.7. The number of aliphatic carboxylic acids is 3. The number of hydrogen-bond acceptors (Lipinski definition) is 22. The Morgan fingerprint density at radius 1 is 0.511 bits per heavy atom. The Labute approximate surface area is 526 Å². The van der Waals surface area contributed by atoms with Gasteiger partial charge in [0.15, 0.2) is 0 Å². The van der Waals surface area contributed by atoms with Crippen molar-refractivity contribution in [2.75, 3.05) is 37.8 Å². The molecule has 1 heterocycles. The van der Waals surface area contributed by atoms with Crippen molar-refractivity contribution in [2.24, 2.45) is 29.2 Å². The number of aliphatic hydroxyl groups excluding tert-OH is 2. The van der Waals surface area contributed by atoms with Crippen molar-refractivity contribution in [1.29, 1.82) is 0 Å². The number of carbonyl (C=O) groups excluding carboxylic acids is 13. The summed E-state index contributed by atoms with van der Waals surface area (Å²) in [5.74, 6) is -21.2. The molecule has 37 nitrogen and oxygen atoms in total. The first kappa shape index (κ1) is 79.3. The van der Waals surface area contributed by atoms with Crippen LogP contribution in [0.4, 0.5) is 0 Å². The molecule has 0 unspecified atom stereocenters. The summed E-state index contributed by atoms with van der Waals surface area (Å²) in [5.41, 5.74) is 11.1. The molecule has 1 rings (SSSR count). The van der Waals surface area contributed by atoms with Crippen molar-refractivity contribution in [2.45, 2.75) is 147 Å². The highest BCUT2D eigenvalue weighted by Crippen LogP contribution is 2.11. The smallest absolute Gasteiger partial charge is 0.326 e. The number of aromatic amines is 1. The maximum absolute atomic E-state index is 13.7. The van der Waals surface area contributed by atoms with Gasteiger partial charge >= 0.3 is 17.9 Å². The van der Waals surface area contributed by atoms with Crippen molar-refractivity contribution in [1.82, 2.24) is 73.8 Å². The fourth-order valence-electron chi connectivity index (χ4n) is 7.79. The molecular formula is C51H82N16O21S2. The largest absolute Gasteiger partial charge is 0.481 e. The SMILES string of the molecule is CC[C@H](C)[C@H](NC(=O)CNC(=O)[C@H](Cc1cnc[nH]1)NC(=O)[C@H](CO)NC(=O)[C@H](CO)NC(=O)[C@@H](NC(=O)[C@H](CC(N)=O)NC(=O)[C@@H](N)CS)C(C)C)C(=O)N[C@@H](CC(=O)O)C(=O)NCC(=O)N[C@@H](CS)C(=O)N[C@@H](CC(=O)O)C(=O)N[C@@H](CC(C)C)C(=O)O. The summed E-state index contributed by atoms with van der Waals surface area (Å²) < 4.78 is 0. The zero-order valence-corrected chi connectivity index (χ0v) is 51.8. The number of imidazole rings is 1. The standard InChI is InChI=1S/C51H82N16O21S2/c1-7-23(6)40(50(86)62-28(11-37(73)74)43(79)55-14-35(71)58-33(19-90)48(84)61-29(12-38(75)76)44(80)63-30(51(87)88)8-21(2)3)66-36(72)15-56-42(78)26(9-24-13-54-20-57-24)60-46(82)31(16-68)64-47(83)32(17-69)65-49(85)39(22(4)5)67-45(81)27(10-34(53)70)59-41(77)25(52)18-89/h13,20-23,25-33,39-40,68-69,89-90H,7-12,14-19,52H2,1-6H3,(H2,53,70)(H,54,57)(H,55,79)(H,56,78)(H,58,71)(H,59,77)(H,60,82)(H,61,84)(H,62,86)(H,63,80)(H,64,83)(H,65,85)(H,66,72)(H,67,81)(H,73,74)(H,75,76)(H,87,88)/t23-,25-,26-,27-,28-,29-,30-,31-,32-,33-,39-,40-/m0/s1. The van der Waals surface area contributed by atoms with Crippen molar-refractivity contribution >= 4 is 120 Å². The molecule has 0 saturated carbocycles. The summed E-state index contributed by atoms with van der Waals surface area (Å²) in [7, 11) is 0. The molecule has 1 aromatic heterocycles. The monoisotopic (exact) mass is 1320 g/mol. The molecule has 22 N–H and O–H groups in total. The lowest BCUT2D eigenvalue weighted by Crippen LogP contribution is -2.62. The number of rotatable bonds is 42. The fourth-order valence-corrected chi connectivity index (χ4v) is 8.22. The quantitative estimate of drug-likeness (QED) is 0.0270. The second-order valence-electron chi connectivity index (χ2n) is 21.1. The van der Waals surface area contributed by atoms with Crippen LogP contribution in [0.2, 0.25) is 0 Å². The van der Waals surface area contributed by atoms with Gasteiger partial charge in [-0.1, -0.05) is 48.0 Å². The van der Waals surface area contributed by atoms with Gasteiger partial charge in [0.1, 0.15) is 60.4 Å². The molecule has 12 atom stereocenters. The summed E-state index contributed by atoms with van der Waals surface area (Å²) in [6.45, 7) is 5.28. The van der Waals surface area contributed by atoms with Crippen LogP contribution < -0.4 is 75.3 Å². The molecule has 1 aromatic rings. The zero-order chi connectivity index (χ0) is 68.7. The molecule has 13 amide bonds. The van der Waals surface area contributed by atoms with Gasteiger partial charge in [0.25, 0.3) is 0 Å². The normalized spacial score (nSPS) is 15.0. The van der Waals surface area contributed by atoms with Crippen LogP contribution in [-0.2, 0) is 83.1 Å². The number of thiol groups is 2. The van der Waals surface area contributed by atoms with Crippen LogP contribution >= 0.6 is 25.3 Å². The Morgan fingerprint density at radius 3 is 1.39 bits per heavy atom. The van der Waals surface area contributed by atoms with E-state index < -0.39 is 224 Å². The predicted octanol–water partition coefficient (Wildman–Crippen LogP) is -9.14. The van der Waals surface area contributed by atoms with Crippen LogP contribution in [-0.4, -0.2) is 234 Å². The van der Waals surface area contributed by atoms with Gasteiger partial charge in [-0.05, 0) is 24.2 Å². The van der Waals surface area contributed by atoms with Crippen LogP contribution in [0.15, 0.2) is 12.5 Å². The van der Waals surface area contributed by atoms with Crippen molar-refractivity contribution < 1.29 is 102 Å². The number of carboxylic acid groups (broad SMARTS) is 3. The minimum absolute atomic E-state index is 0.0421. The molecule has 0 aliphatic carbocycles. The lowest BCUT2D eigenvalue weighted by atomic mass is 9.97. The lowest BCUT2D eigenvalue weighted by Gasteiger charge is -2.27. The van der Waals surface area contributed by atoms with Gasteiger partial charge in [0, 0.05) is 29.8 Å². The van der Waals surface area contributed by atoms with E-state index in [1.165, 1.54) is 33.3 Å². The van der Waals surface area contributed by atoms with E-state index in [9.17, 15) is 102 Å². The van der Waals surface area contributed by atoms with E-state index in [4.69, 9.17) is 11.5 Å². The molecule has 0 aliphatic heterocycles. The van der Waals surface area contributed by atoms with Gasteiger partial charge in [0.2, 0.25) is 76.8 Å². The Bertz CT molecular complexity index is 2710. The summed E-state index contributed by atoms with van der Waals surface area (Å²) in [6.07, 6.45) is -0.511. The number of aliphatic hydroxyl groups is 2. The van der Waals surface area contributed by atoms with Crippen molar-refractivity contribution in [3.63, 3.8) is 0 Å².